The van der Waals surface area contributed by atoms with Gasteiger partial charge in [-0.2, -0.15) is 0 Å². The SMILES string of the molecule is [2H]C([2H])([2H])c1c[c-]c(-c2cc(CC(C)C)[c]([Ge]([CH3])([CH3])[c]3ccccc3)cn2)c(F)c1.[Ir].[c-]1cc(-c2ccccc2)c2c(oc3cc(-c4ccccc4)ccc32)c1-c1nc2ccccc2n1-c1ccc(-c2ccccc2)cc1. The molecule has 365 valence electrons. The molecular formula is C67H54FGeIrN3O-2. The van der Waals surface area contributed by atoms with Crippen LogP contribution in [-0.4, -0.2) is 27.8 Å². The Morgan fingerprint density at radius 3 is 1.91 bits per heavy atom. The molecule has 0 saturated carbocycles. The van der Waals surface area contributed by atoms with Crippen molar-refractivity contribution in [1.82, 2.24) is 14.5 Å². The van der Waals surface area contributed by atoms with E-state index in [1.807, 2.05) is 42.6 Å². The van der Waals surface area contributed by atoms with Gasteiger partial charge in [-0.15, -0.1) is 12.1 Å². The molecule has 0 aliphatic carbocycles. The third-order valence-corrected chi connectivity index (χ3v) is 21.2. The van der Waals surface area contributed by atoms with Crippen LogP contribution in [-0.2, 0) is 26.5 Å². The van der Waals surface area contributed by atoms with Crippen LogP contribution in [0.5, 0.6) is 0 Å². The summed E-state index contributed by atoms with van der Waals surface area (Å²) in [7, 11) is 0. The Labute approximate surface area is 453 Å². The largest absolute Gasteiger partial charge is 0.500 e. The molecule has 0 bridgehead atoms. The minimum Gasteiger partial charge on any atom is -0.500 e. The van der Waals surface area contributed by atoms with Gasteiger partial charge in [0.2, 0.25) is 0 Å². The maximum Gasteiger partial charge on any atom is 0.121 e. The molecule has 0 unspecified atom stereocenters. The standard InChI is InChI=1S/C43H27N2O.C24H27FGeN.Ir/c1-4-12-29(13-5-1)31-20-23-34(24-21-31)45-39-19-11-10-18-38(39)44-43(45)37-27-26-35(32-16-8-3-9-17-32)41-36-25-22-33(28-40(36)46-42(37)41)30-14-6-2-7-15-30;1-17(2)13-19-15-24(21-12-11-18(3)14-22(21)25)27-16-23(19)26(4,5)20-9-7-6-8-10-20;/h1-26,28H;6-11,14-17H,13H2,1-5H3;/q2*-1;/i;3D3;. The van der Waals surface area contributed by atoms with Crippen LogP contribution in [0.15, 0.2) is 223 Å². The summed E-state index contributed by atoms with van der Waals surface area (Å²) in [5.74, 6) is 5.34. The average Bonchev–Trinajstić information content (AvgIpc) is 4.26. The molecule has 0 aliphatic heterocycles. The Morgan fingerprint density at radius 1 is 0.649 bits per heavy atom. The molecule has 0 saturated heterocycles. The van der Waals surface area contributed by atoms with Crippen LogP contribution in [0.1, 0.15) is 29.1 Å². The first-order chi connectivity index (χ1) is 36.8. The van der Waals surface area contributed by atoms with Crippen molar-refractivity contribution in [3.63, 3.8) is 0 Å². The number of nitrogens with zero attached hydrogens (tertiary/aromatic N) is 3. The molecule has 4 nitrogen and oxygen atoms in total. The summed E-state index contributed by atoms with van der Waals surface area (Å²) in [6.45, 7) is 1.98. The van der Waals surface area contributed by atoms with Gasteiger partial charge < -0.3 is 8.98 Å². The molecule has 3 aromatic heterocycles. The quantitative estimate of drug-likeness (QED) is 0.101. The van der Waals surface area contributed by atoms with Crippen LogP contribution in [0.4, 0.5) is 4.39 Å². The van der Waals surface area contributed by atoms with Crippen molar-refractivity contribution < 1.29 is 33.0 Å². The van der Waals surface area contributed by atoms with Crippen molar-refractivity contribution in [2.45, 2.75) is 38.6 Å². The fourth-order valence-corrected chi connectivity index (χ4v) is 15.7. The molecular weight excluding hydrogens is 1150 g/mol. The van der Waals surface area contributed by atoms with Gasteiger partial charge in [-0.25, -0.2) is 0 Å². The van der Waals surface area contributed by atoms with Gasteiger partial charge in [0.25, 0.3) is 0 Å². The first-order valence-electron chi connectivity index (χ1n) is 26.2. The normalized spacial score (nSPS) is 12.2. The molecule has 0 aliphatic rings. The maximum absolute atomic E-state index is 14.8. The van der Waals surface area contributed by atoms with Gasteiger partial charge in [0, 0.05) is 31.2 Å². The van der Waals surface area contributed by atoms with Crippen molar-refractivity contribution in [2.24, 2.45) is 5.92 Å². The smallest absolute Gasteiger partial charge is 0.121 e. The van der Waals surface area contributed by atoms with Crippen molar-refractivity contribution in [3.8, 4) is 61.7 Å². The molecule has 3 heterocycles. The molecule has 12 aromatic rings. The molecule has 7 heteroatoms. The van der Waals surface area contributed by atoms with Crippen LogP contribution >= 0.6 is 0 Å². The number of benzene rings is 9. The Hall–Kier alpha value is -7.48. The van der Waals surface area contributed by atoms with E-state index in [-0.39, 0.29) is 31.2 Å². The number of para-hydroxylation sites is 2. The summed E-state index contributed by atoms with van der Waals surface area (Å²) in [4.78, 5) is 9.80. The Kier molecular flexibility index (Phi) is 13.5. The van der Waals surface area contributed by atoms with Crippen LogP contribution in [0.2, 0.25) is 11.5 Å². The van der Waals surface area contributed by atoms with E-state index in [0.29, 0.717) is 11.6 Å². The third-order valence-electron chi connectivity index (χ3n) is 13.7. The zero-order valence-corrected chi connectivity index (χ0v) is 46.0. The minimum atomic E-state index is -2.58. The number of pyridine rings is 1. The van der Waals surface area contributed by atoms with Crippen LogP contribution in [0.25, 0.3) is 94.7 Å². The van der Waals surface area contributed by atoms with Crippen LogP contribution in [0, 0.1) is 30.7 Å². The number of aryl methyl sites for hydroxylation is 1. The zero-order chi connectivity index (χ0) is 52.6. The van der Waals surface area contributed by atoms with Gasteiger partial charge in [0.1, 0.15) is 5.58 Å². The molecule has 74 heavy (non-hydrogen) atoms. The topological polar surface area (TPSA) is 43.9 Å². The summed E-state index contributed by atoms with van der Waals surface area (Å²) in [6.07, 6.45) is 2.78. The predicted molar refractivity (Wildman–Crippen MR) is 304 cm³/mol. The maximum atomic E-state index is 14.8. The van der Waals surface area contributed by atoms with Crippen molar-refractivity contribution >= 4 is 55.0 Å². The summed E-state index contributed by atoms with van der Waals surface area (Å²) >= 11 is -2.58. The summed E-state index contributed by atoms with van der Waals surface area (Å²) < 4.78 is 48.9. The van der Waals surface area contributed by atoms with E-state index in [0.717, 1.165) is 84.8 Å². The molecule has 9 aromatic carbocycles. The second kappa shape index (κ2) is 21.5. The van der Waals surface area contributed by atoms with Gasteiger partial charge in [0.15, 0.2) is 0 Å². The van der Waals surface area contributed by atoms with E-state index in [2.05, 4.69) is 211 Å². The van der Waals surface area contributed by atoms with Gasteiger partial charge >= 0.3 is 169 Å². The van der Waals surface area contributed by atoms with Gasteiger partial charge in [0.05, 0.1) is 22.4 Å². The summed E-state index contributed by atoms with van der Waals surface area (Å²) in [6, 6.07) is 78.3. The third kappa shape index (κ3) is 9.98. The zero-order valence-electron chi connectivity index (χ0n) is 44.5. The molecule has 0 spiro atoms. The van der Waals surface area contributed by atoms with Crippen molar-refractivity contribution in [1.29, 1.82) is 0 Å². The van der Waals surface area contributed by atoms with E-state index in [4.69, 9.17) is 13.5 Å². The monoisotopic (exact) mass is 1210 g/mol. The summed E-state index contributed by atoms with van der Waals surface area (Å²) in [5, 5.41) is 2.13. The molecule has 0 N–H and O–H groups in total. The molecule has 0 atom stereocenters. The van der Waals surface area contributed by atoms with E-state index >= 15 is 0 Å². The number of rotatable bonds is 10. The molecule has 1 radical (unpaired) electrons. The Bertz CT molecular complexity index is 4010. The van der Waals surface area contributed by atoms with Crippen LogP contribution in [0.3, 0.4) is 0 Å². The van der Waals surface area contributed by atoms with E-state index in [9.17, 15) is 4.39 Å². The number of hydrogen-bond acceptors (Lipinski definition) is 3. The molecule has 0 fully saturated rings. The Balaban J connectivity index is 0.000000189. The predicted octanol–water partition coefficient (Wildman–Crippen LogP) is 16.4. The fourth-order valence-electron chi connectivity index (χ4n) is 10.0. The van der Waals surface area contributed by atoms with E-state index in [1.54, 1.807) is 0 Å². The minimum absolute atomic E-state index is 0. The first kappa shape index (κ1) is 46.3. The van der Waals surface area contributed by atoms with Gasteiger partial charge in [-0.05, 0) is 58.0 Å². The summed E-state index contributed by atoms with van der Waals surface area (Å²) in [5.41, 5.74) is 14.1. The van der Waals surface area contributed by atoms with Crippen molar-refractivity contribution in [3.05, 3.63) is 248 Å². The number of imidazole rings is 1. The van der Waals surface area contributed by atoms with Gasteiger partial charge in [-0.3, -0.25) is 4.98 Å². The van der Waals surface area contributed by atoms with Gasteiger partial charge in [-0.1, -0.05) is 144 Å². The molecule has 0 amide bonds. The Morgan fingerprint density at radius 2 is 1.24 bits per heavy atom. The number of aromatic nitrogens is 3. The van der Waals surface area contributed by atoms with E-state index in [1.165, 1.54) is 31.5 Å². The average molecular weight is 1200 g/mol. The second-order valence-corrected chi connectivity index (χ2v) is 28.6. The fraction of sp³-hybridized carbons (Fsp3) is 0.104. The number of fused-ring (bicyclic) bond motifs is 4. The number of hydrogen-bond donors (Lipinski definition) is 0. The number of halogens is 1. The van der Waals surface area contributed by atoms with Crippen LogP contribution < -0.4 is 8.79 Å². The van der Waals surface area contributed by atoms with Crippen molar-refractivity contribution in [2.75, 3.05) is 0 Å². The molecule has 12 rings (SSSR count). The van der Waals surface area contributed by atoms with E-state index < -0.39 is 25.9 Å². The number of furan rings is 1. The second-order valence-electron chi connectivity index (χ2n) is 19.4. The first-order valence-corrected chi connectivity index (χ1v) is 31.0.